The van der Waals surface area contributed by atoms with Gasteiger partial charge in [-0.1, -0.05) is 0 Å². The number of hydrogen-bond acceptors (Lipinski definition) is 3. The maximum atomic E-state index is 11.7. The number of nitriles is 1. The molecule has 0 bridgehead atoms. The number of hydrogen-bond donors (Lipinski definition) is 0. The molecule has 1 heterocycles. The van der Waals surface area contributed by atoms with Gasteiger partial charge in [-0.25, -0.2) is 0 Å². The number of likely N-dealkylation sites (N-methyl/N-ethyl adjacent to an activating group) is 1. The van der Waals surface area contributed by atoms with E-state index in [2.05, 4.69) is 6.07 Å². The predicted octanol–water partition coefficient (Wildman–Crippen LogP) is 2.05. The molecule has 0 saturated carbocycles. The first-order chi connectivity index (χ1) is 7.15. The van der Waals surface area contributed by atoms with Gasteiger partial charge in [0.05, 0.1) is 18.9 Å². The Morgan fingerprint density at radius 2 is 2.47 bits per heavy atom. The van der Waals surface area contributed by atoms with Crippen LogP contribution in [0.5, 0.6) is 0 Å². The van der Waals surface area contributed by atoms with Crippen molar-refractivity contribution >= 4 is 17.2 Å². The Morgan fingerprint density at radius 3 is 3.00 bits per heavy atom. The number of carbonyl (C=O) groups excluding carboxylic acids is 1. The second kappa shape index (κ2) is 5.52. The second-order valence-corrected chi connectivity index (χ2v) is 4.30. The van der Waals surface area contributed by atoms with Crippen LogP contribution in [0.1, 0.15) is 18.9 Å². The van der Waals surface area contributed by atoms with Crippen LogP contribution in [-0.4, -0.2) is 23.9 Å². The molecule has 1 rings (SSSR count). The minimum Gasteiger partial charge on any atom is -0.342 e. The molecule has 0 aliphatic heterocycles. The summed E-state index contributed by atoms with van der Waals surface area (Å²) in [5, 5.41) is 12.5. The molecule has 0 radical (unpaired) electrons. The molecule has 80 valence electrons. The first kappa shape index (κ1) is 11.7. The van der Waals surface area contributed by atoms with Crippen LogP contribution in [0.4, 0.5) is 0 Å². The fraction of sp³-hybridized carbons (Fsp3) is 0.455. The van der Waals surface area contributed by atoms with Crippen molar-refractivity contribution in [2.45, 2.75) is 25.8 Å². The lowest BCUT2D eigenvalue weighted by molar-refractivity contribution is -0.130. The van der Waals surface area contributed by atoms with E-state index in [4.69, 9.17) is 5.26 Å². The molecule has 1 aromatic rings. The summed E-state index contributed by atoms with van der Waals surface area (Å²) in [4.78, 5) is 13.4. The summed E-state index contributed by atoms with van der Waals surface area (Å²) in [7, 11) is 1.75. The summed E-state index contributed by atoms with van der Waals surface area (Å²) >= 11 is 1.59. The van der Waals surface area contributed by atoms with E-state index in [-0.39, 0.29) is 11.9 Å². The van der Waals surface area contributed by atoms with Gasteiger partial charge in [0.25, 0.3) is 0 Å². The number of nitrogens with zero attached hydrogens (tertiary/aromatic N) is 2. The smallest absolute Gasteiger partial charge is 0.227 e. The molecule has 4 heteroatoms. The Morgan fingerprint density at radius 1 is 1.73 bits per heavy atom. The van der Waals surface area contributed by atoms with Gasteiger partial charge in [-0.15, -0.1) is 0 Å². The SMILES string of the molecule is CC(CC#N)N(C)C(=O)Cc1ccsc1. The summed E-state index contributed by atoms with van der Waals surface area (Å²) < 4.78 is 0. The highest BCUT2D eigenvalue weighted by molar-refractivity contribution is 7.07. The van der Waals surface area contributed by atoms with Crippen molar-refractivity contribution in [2.75, 3.05) is 7.05 Å². The first-order valence-electron chi connectivity index (χ1n) is 4.79. The lowest BCUT2D eigenvalue weighted by Crippen LogP contribution is -2.35. The number of amides is 1. The molecule has 0 saturated heterocycles. The highest BCUT2D eigenvalue weighted by Crippen LogP contribution is 2.09. The van der Waals surface area contributed by atoms with Gasteiger partial charge in [0.2, 0.25) is 5.91 Å². The molecule has 3 nitrogen and oxygen atoms in total. The maximum absolute atomic E-state index is 11.7. The number of thiophene rings is 1. The van der Waals surface area contributed by atoms with Gasteiger partial charge in [0.1, 0.15) is 0 Å². The monoisotopic (exact) mass is 222 g/mol. The van der Waals surface area contributed by atoms with Crippen molar-refractivity contribution in [3.63, 3.8) is 0 Å². The molecule has 15 heavy (non-hydrogen) atoms. The van der Waals surface area contributed by atoms with Crippen LogP contribution >= 0.6 is 11.3 Å². The van der Waals surface area contributed by atoms with Crippen LogP contribution in [0.2, 0.25) is 0 Å². The van der Waals surface area contributed by atoms with Crippen molar-refractivity contribution in [1.29, 1.82) is 5.26 Å². The van der Waals surface area contributed by atoms with Gasteiger partial charge in [0.15, 0.2) is 0 Å². The predicted molar refractivity (Wildman–Crippen MR) is 60.5 cm³/mol. The van der Waals surface area contributed by atoms with E-state index in [1.165, 1.54) is 0 Å². The third-order valence-corrected chi connectivity index (χ3v) is 3.11. The van der Waals surface area contributed by atoms with Crippen molar-refractivity contribution in [1.82, 2.24) is 4.90 Å². The maximum Gasteiger partial charge on any atom is 0.227 e. The largest absolute Gasteiger partial charge is 0.342 e. The van der Waals surface area contributed by atoms with E-state index >= 15 is 0 Å². The van der Waals surface area contributed by atoms with Crippen LogP contribution in [0.25, 0.3) is 0 Å². The molecule has 1 aromatic heterocycles. The Kier molecular flexibility index (Phi) is 4.32. The molecule has 0 fully saturated rings. The zero-order valence-corrected chi connectivity index (χ0v) is 9.75. The molecule has 1 amide bonds. The fourth-order valence-electron chi connectivity index (χ4n) is 1.21. The zero-order chi connectivity index (χ0) is 11.3. The third kappa shape index (κ3) is 3.37. The fourth-order valence-corrected chi connectivity index (χ4v) is 1.88. The number of carbonyl (C=O) groups is 1. The van der Waals surface area contributed by atoms with Gasteiger partial charge < -0.3 is 4.90 Å². The van der Waals surface area contributed by atoms with Crippen LogP contribution in [0, 0.1) is 11.3 Å². The average Bonchev–Trinajstić information content (AvgIpc) is 2.69. The lowest BCUT2D eigenvalue weighted by Gasteiger charge is -2.22. The van der Waals surface area contributed by atoms with Crippen molar-refractivity contribution in [3.8, 4) is 6.07 Å². The Balaban J connectivity index is 2.50. The van der Waals surface area contributed by atoms with Gasteiger partial charge in [-0.2, -0.15) is 16.6 Å². The molecule has 0 aliphatic rings. The summed E-state index contributed by atoms with van der Waals surface area (Å²) in [5.41, 5.74) is 1.04. The molecule has 1 atom stereocenters. The van der Waals surface area contributed by atoms with Gasteiger partial charge in [-0.05, 0) is 29.3 Å². The van der Waals surface area contributed by atoms with Crippen molar-refractivity contribution in [3.05, 3.63) is 22.4 Å². The molecular weight excluding hydrogens is 208 g/mol. The van der Waals surface area contributed by atoms with Gasteiger partial charge >= 0.3 is 0 Å². The molecule has 0 N–H and O–H groups in total. The third-order valence-electron chi connectivity index (χ3n) is 2.38. The minimum absolute atomic E-state index is 0.0128. The average molecular weight is 222 g/mol. The molecule has 0 aliphatic carbocycles. The molecule has 0 spiro atoms. The van der Waals surface area contributed by atoms with Gasteiger partial charge in [-0.3, -0.25) is 4.79 Å². The van der Waals surface area contributed by atoms with Crippen molar-refractivity contribution in [2.24, 2.45) is 0 Å². The Hall–Kier alpha value is -1.34. The van der Waals surface area contributed by atoms with E-state index in [9.17, 15) is 4.79 Å². The van der Waals surface area contributed by atoms with Crippen molar-refractivity contribution < 1.29 is 4.79 Å². The molecule has 0 aromatic carbocycles. The first-order valence-corrected chi connectivity index (χ1v) is 5.73. The van der Waals surface area contributed by atoms with E-state index in [1.54, 1.807) is 23.3 Å². The summed E-state index contributed by atoms with van der Waals surface area (Å²) in [6.45, 7) is 1.88. The zero-order valence-electron chi connectivity index (χ0n) is 8.93. The van der Waals surface area contributed by atoms with Crippen LogP contribution < -0.4 is 0 Å². The topological polar surface area (TPSA) is 44.1 Å². The molecule has 1 unspecified atom stereocenters. The quantitative estimate of drug-likeness (QED) is 0.782. The standard InChI is InChI=1S/C11H14N2OS/c1-9(3-5-12)13(2)11(14)7-10-4-6-15-8-10/h4,6,8-9H,3,7H2,1-2H3. The molecular formula is C11H14N2OS. The number of rotatable bonds is 4. The van der Waals surface area contributed by atoms with E-state index < -0.39 is 0 Å². The van der Waals surface area contributed by atoms with Crippen LogP contribution in [0.3, 0.4) is 0 Å². The Labute approximate surface area is 93.9 Å². The minimum atomic E-state index is -0.0128. The van der Waals surface area contributed by atoms with E-state index in [1.807, 2.05) is 23.8 Å². The Bertz CT molecular complexity index is 353. The summed E-state index contributed by atoms with van der Waals surface area (Å²) in [6.07, 6.45) is 0.807. The summed E-state index contributed by atoms with van der Waals surface area (Å²) in [6, 6.07) is 4.01. The highest BCUT2D eigenvalue weighted by Gasteiger charge is 2.15. The normalized spacial score (nSPS) is 11.8. The second-order valence-electron chi connectivity index (χ2n) is 3.52. The lowest BCUT2D eigenvalue weighted by atomic mass is 10.2. The van der Waals surface area contributed by atoms with Crippen LogP contribution in [-0.2, 0) is 11.2 Å². The summed E-state index contributed by atoms with van der Waals surface area (Å²) in [5.74, 6) is 0.0659. The van der Waals surface area contributed by atoms with Gasteiger partial charge in [0, 0.05) is 13.1 Å². The van der Waals surface area contributed by atoms with E-state index in [0.29, 0.717) is 12.8 Å². The van der Waals surface area contributed by atoms with Crippen LogP contribution in [0.15, 0.2) is 16.8 Å². The highest BCUT2D eigenvalue weighted by atomic mass is 32.1. The van der Waals surface area contributed by atoms with E-state index in [0.717, 1.165) is 5.56 Å².